The first kappa shape index (κ1) is 25.2. The lowest BCUT2D eigenvalue weighted by Gasteiger charge is -2.15. The Balaban J connectivity index is 1.29. The van der Waals surface area contributed by atoms with E-state index in [1.807, 2.05) is 12.1 Å². The van der Waals surface area contributed by atoms with E-state index in [0.717, 1.165) is 35.9 Å². The maximum Gasteiger partial charge on any atom is 0.434 e. The fraction of sp³-hybridized carbons (Fsp3) is 0.370. The molecule has 1 unspecified atom stereocenters. The Morgan fingerprint density at radius 3 is 2.46 bits per heavy atom. The molecule has 39 heavy (non-hydrogen) atoms. The molecule has 8 nitrogen and oxygen atoms in total. The first-order valence-electron chi connectivity index (χ1n) is 12.6. The molecule has 0 radical (unpaired) electrons. The number of halogens is 4. The smallest absolute Gasteiger partial charge is 0.434 e. The lowest BCUT2D eigenvalue weighted by Crippen LogP contribution is -2.10. The number of hydrogen-bond donors (Lipinski definition) is 1. The Morgan fingerprint density at radius 2 is 1.79 bits per heavy atom. The number of anilines is 1. The zero-order chi connectivity index (χ0) is 27.3. The molecule has 3 heterocycles. The van der Waals surface area contributed by atoms with Gasteiger partial charge in [0.05, 0.1) is 18.5 Å². The van der Waals surface area contributed by atoms with Gasteiger partial charge in [-0.25, -0.2) is 29.3 Å². The lowest BCUT2D eigenvalue weighted by atomic mass is 10.1. The van der Waals surface area contributed by atoms with Gasteiger partial charge in [-0.2, -0.15) is 13.2 Å². The van der Waals surface area contributed by atoms with Crippen molar-refractivity contribution in [1.82, 2.24) is 29.5 Å². The van der Waals surface area contributed by atoms with Crippen molar-refractivity contribution < 1.29 is 22.3 Å². The second-order valence-corrected chi connectivity index (χ2v) is 9.79. The van der Waals surface area contributed by atoms with Gasteiger partial charge in [0.25, 0.3) is 0 Å². The molecule has 1 saturated carbocycles. The molecule has 3 aromatic heterocycles. The minimum absolute atomic E-state index is 0.222. The number of aryl methyl sites for hydroxylation is 1. The number of benzene rings is 1. The van der Waals surface area contributed by atoms with Crippen LogP contribution in [-0.4, -0.2) is 36.6 Å². The summed E-state index contributed by atoms with van der Waals surface area (Å²) in [7, 11) is 3.05. The predicted molar refractivity (Wildman–Crippen MR) is 135 cm³/mol. The monoisotopic (exact) mass is 539 g/mol. The van der Waals surface area contributed by atoms with Crippen LogP contribution in [0.5, 0.6) is 5.88 Å². The number of ether oxygens (including phenoxy) is 1. The summed E-state index contributed by atoms with van der Waals surface area (Å²) in [6.07, 6.45) is -0.432. The van der Waals surface area contributed by atoms with Gasteiger partial charge in [0.2, 0.25) is 5.88 Å². The predicted octanol–water partition coefficient (Wildman–Crippen LogP) is 5.81. The molecular weight excluding hydrogens is 514 g/mol. The summed E-state index contributed by atoms with van der Waals surface area (Å²) >= 11 is 0. The van der Waals surface area contributed by atoms with E-state index in [-0.39, 0.29) is 11.7 Å². The zero-order valence-electron chi connectivity index (χ0n) is 21.3. The largest absolute Gasteiger partial charge is 0.480 e. The summed E-state index contributed by atoms with van der Waals surface area (Å²) in [5.41, 5.74) is 2.98. The number of alkyl halides is 4. The number of nitrogens with one attached hydrogen (secondary N) is 1. The molecule has 6 rings (SSSR count). The highest BCUT2D eigenvalue weighted by atomic mass is 19.4. The van der Waals surface area contributed by atoms with Crippen molar-refractivity contribution in [3.05, 3.63) is 65.0 Å². The van der Waals surface area contributed by atoms with Gasteiger partial charge in [-0.05, 0) is 31.2 Å². The average Bonchev–Trinajstić information content (AvgIpc) is 3.60. The molecule has 0 spiro atoms. The summed E-state index contributed by atoms with van der Waals surface area (Å²) in [5.74, 6) is 1.71. The van der Waals surface area contributed by atoms with Crippen LogP contribution in [0.15, 0.2) is 36.8 Å². The Labute approximate surface area is 221 Å². The number of methoxy groups -OCH3 is 1. The van der Waals surface area contributed by atoms with E-state index in [0.29, 0.717) is 53.7 Å². The Bertz CT molecular complexity index is 1530. The van der Waals surface area contributed by atoms with Gasteiger partial charge in [0.1, 0.15) is 29.7 Å². The molecule has 1 N–H and O–H groups in total. The summed E-state index contributed by atoms with van der Waals surface area (Å²) in [6.45, 7) is 0.367. The third-order valence-corrected chi connectivity index (χ3v) is 7.05. The number of hydrogen-bond acceptors (Lipinski definition) is 7. The van der Waals surface area contributed by atoms with Crippen LogP contribution in [0, 0.1) is 0 Å². The van der Waals surface area contributed by atoms with Crippen LogP contribution in [0.1, 0.15) is 59.6 Å². The lowest BCUT2D eigenvalue weighted by molar-refractivity contribution is -0.140. The summed E-state index contributed by atoms with van der Waals surface area (Å²) in [5, 5.41) is 3.32. The van der Waals surface area contributed by atoms with Crippen LogP contribution in [0.4, 0.5) is 23.4 Å². The number of imidazole rings is 1. The molecule has 1 atom stereocenters. The second kappa shape index (κ2) is 9.58. The van der Waals surface area contributed by atoms with E-state index in [1.165, 1.54) is 25.1 Å². The van der Waals surface area contributed by atoms with Crippen molar-refractivity contribution >= 4 is 5.82 Å². The van der Waals surface area contributed by atoms with Gasteiger partial charge in [-0.15, -0.1) is 0 Å². The maximum atomic E-state index is 14.9. The van der Waals surface area contributed by atoms with E-state index in [1.54, 1.807) is 12.1 Å². The highest BCUT2D eigenvalue weighted by molar-refractivity contribution is 5.69. The summed E-state index contributed by atoms with van der Waals surface area (Å²) < 4.78 is 60.9. The normalized spacial score (nSPS) is 16.8. The van der Waals surface area contributed by atoms with Crippen molar-refractivity contribution in [3.8, 4) is 28.7 Å². The van der Waals surface area contributed by atoms with Crippen LogP contribution in [-0.2, 0) is 26.2 Å². The molecule has 0 aliphatic heterocycles. The van der Waals surface area contributed by atoms with Crippen LogP contribution in [0.25, 0.3) is 22.8 Å². The van der Waals surface area contributed by atoms with Gasteiger partial charge in [-0.1, -0.05) is 24.3 Å². The first-order chi connectivity index (χ1) is 18.7. The van der Waals surface area contributed by atoms with E-state index in [2.05, 4.69) is 25.3 Å². The van der Waals surface area contributed by atoms with E-state index >= 15 is 0 Å². The third-order valence-electron chi connectivity index (χ3n) is 7.05. The minimum Gasteiger partial charge on any atom is -0.480 e. The SMILES string of the molecule is COc1ncnc(C2CC2)c1-c1nc(NCc2ccc(-c3nc(C(F)(F)F)cn3C)cc2)c2c(n1)C(F)CC2. The number of aromatic nitrogens is 6. The van der Waals surface area contributed by atoms with Gasteiger partial charge in [0.15, 0.2) is 11.5 Å². The highest BCUT2D eigenvalue weighted by Crippen LogP contribution is 2.46. The maximum absolute atomic E-state index is 14.9. The summed E-state index contributed by atoms with van der Waals surface area (Å²) in [4.78, 5) is 21.8. The fourth-order valence-electron chi connectivity index (χ4n) is 4.91. The molecular formula is C27H25F4N7O. The molecule has 1 aromatic carbocycles. The van der Waals surface area contributed by atoms with Gasteiger partial charge >= 0.3 is 6.18 Å². The van der Waals surface area contributed by atoms with Crippen LogP contribution >= 0.6 is 0 Å². The molecule has 0 amide bonds. The number of nitrogens with zero attached hydrogens (tertiary/aromatic N) is 6. The quantitative estimate of drug-likeness (QED) is 0.297. The van der Waals surface area contributed by atoms with Crippen molar-refractivity contribution in [2.45, 2.75) is 50.5 Å². The molecule has 2 aliphatic carbocycles. The Hall–Kier alpha value is -4.09. The van der Waals surface area contributed by atoms with Gasteiger partial charge in [0, 0.05) is 36.8 Å². The molecule has 202 valence electrons. The molecule has 0 saturated heterocycles. The topological polar surface area (TPSA) is 90.6 Å². The van der Waals surface area contributed by atoms with E-state index < -0.39 is 18.0 Å². The van der Waals surface area contributed by atoms with Crippen molar-refractivity contribution in [3.63, 3.8) is 0 Å². The second-order valence-electron chi connectivity index (χ2n) is 9.79. The van der Waals surface area contributed by atoms with Gasteiger partial charge < -0.3 is 14.6 Å². The number of fused-ring (bicyclic) bond motifs is 1. The van der Waals surface area contributed by atoms with Crippen LogP contribution in [0.3, 0.4) is 0 Å². The molecule has 2 aliphatic rings. The van der Waals surface area contributed by atoms with Crippen molar-refractivity contribution in [1.29, 1.82) is 0 Å². The molecule has 12 heteroatoms. The Kier molecular flexibility index (Phi) is 6.19. The Morgan fingerprint density at radius 1 is 1.03 bits per heavy atom. The van der Waals surface area contributed by atoms with Crippen LogP contribution in [0.2, 0.25) is 0 Å². The molecule has 0 bridgehead atoms. The third kappa shape index (κ3) is 4.79. The molecule has 1 fully saturated rings. The fourth-order valence-corrected chi connectivity index (χ4v) is 4.91. The van der Waals surface area contributed by atoms with Crippen LogP contribution < -0.4 is 10.1 Å². The average molecular weight is 540 g/mol. The zero-order valence-corrected chi connectivity index (χ0v) is 21.3. The molecule has 4 aromatic rings. The van der Waals surface area contributed by atoms with Crippen molar-refractivity contribution in [2.75, 3.05) is 12.4 Å². The van der Waals surface area contributed by atoms with E-state index in [9.17, 15) is 17.6 Å². The minimum atomic E-state index is -4.51. The van der Waals surface area contributed by atoms with E-state index in [4.69, 9.17) is 9.72 Å². The highest BCUT2D eigenvalue weighted by Gasteiger charge is 2.35. The number of rotatable bonds is 7. The standard InChI is InChI=1S/C27H25F4N7O/c1-38-12-19(27(29,30)31)35-25(38)16-5-3-14(4-6-16)11-32-23-17-9-10-18(28)22(17)36-24(37-23)20-21(15-7-8-15)33-13-34-26(20)39-2/h3-6,12-13,15,18H,7-11H2,1-2H3,(H,32,36,37). The summed E-state index contributed by atoms with van der Waals surface area (Å²) in [6, 6.07) is 7.07. The first-order valence-corrected chi connectivity index (χ1v) is 12.6. The van der Waals surface area contributed by atoms with Crippen molar-refractivity contribution in [2.24, 2.45) is 7.05 Å². The van der Waals surface area contributed by atoms with Gasteiger partial charge in [-0.3, -0.25) is 0 Å².